The van der Waals surface area contributed by atoms with Gasteiger partial charge in [-0.05, 0) is 63.9 Å². The molecule has 1 aromatic carbocycles. The molecule has 3 heteroatoms. The average molecular weight is 276 g/mol. The molecule has 0 amide bonds. The molecular weight excluding hydrogens is 248 g/mol. The number of hydrogen-bond donors (Lipinski definition) is 1. The van der Waals surface area contributed by atoms with Crippen molar-refractivity contribution in [1.29, 1.82) is 0 Å². The number of nitrogens with one attached hydrogen (secondary N) is 1. The molecule has 3 nitrogen and oxygen atoms in total. The van der Waals surface area contributed by atoms with Gasteiger partial charge in [0.2, 0.25) is 0 Å². The van der Waals surface area contributed by atoms with Gasteiger partial charge >= 0.3 is 0 Å². The fourth-order valence-electron chi connectivity index (χ4n) is 2.86. The molecule has 1 N–H and O–H groups in total. The van der Waals surface area contributed by atoms with Crippen LogP contribution in [0.5, 0.6) is 5.75 Å². The van der Waals surface area contributed by atoms with Crippen LogP contribution in [0.25, 0.3) is 0 Å². The van der Waals surface area contributed by atoms with E-state index in [1.165, 1.54) is 44.5 Å². The zero-order valence-electron chi connectivity index (χ0n) is 13.1. The Morgan fingerprint density at radius 2 is 2.10 bits per heavy atom. The highest BCUT2D eigenvalue weighted by atomic mass is 16.5. The van der Waals surface area contributed by atoms with E-state index >= 15 is 0 Å². The molecule has 1 aromatic rings. The molecule has 0 radical (unpaired) electrons. The highest BCUT2D eigenvalue weighted by molar-refractivity contribution is 5.58. The number of anilines is 1. The molecular formula is C17H28N2O. The highest BCUT2D eigenvalue weighted by Crippen LogP contribution is 2.28. The second-order valence-corrected chi connectivity index (χ2v) is 5.64. The third-order valence-corrected chi connectivity index (χ3v) is 4.06. The standard InChI is InChI=1S/C17H28N2O/c1-4-19-11-6-7-15(10-12-19)18-16-9-8-14(3)13-17(16)20-5-2/h8-9,13,15,18H,4-7,10-12H2,1-3H3. The number of likely N-dealkylation sites (tertiary alicyclic amines) is 1. The maximum atomic E-state index is 5.76. The zero-order chi connectivity index (χ0) is 14.4. The second-order valence-electron chi connectivity index (χ2n) is 5.64. The van der Waals surface area contributed by atoms with E-state index < -0.39 is 0 Å². The third kappa shape index (κ3) is 4.14. The quantitative estimate of drug-likeness (QED) is 0.888. The lowest BCUT2D eigenvalue weighted by molar-refractivity contribution is 0.300. The first-order valence-corrected chi connectivity index (χ1v) is 7.95. The SMILES string of the molecule is CCOc1cc(C)ccc1NC1CCCN(CC)CC1. The molecule has 20 heavy (non-hydrogen) atoms. The van der Waals surface area contributed by atoms with Gasteiger partial charge in [-0.15, -0.1) is 0 Å². The van der Waals surface area contributed by atoms with Gasteiger partial charge < -0.3 is 15.0 Å². The molecule has 0 aromatic heterocycles. The Labute approximate surface area is 123 Å². The van der Waals surface area contributed by atoms with Gasteiger partial charge in [0.1, 0.15) is 5.75 Å². The second kappa shape index (κ2) is 7.53. The molecule has 1 atom stereocenters. The van der Waals surface area contributed by atoms with Crippen LogP contribution in [0.4, 0.5) is 5.69 Å². The first-order valence-electron chi connectivity index (χ1n) is 7.95. The number of rotatable bonds is 5. The minimum atomic E-state index is 0.563. The first kappa shape index (κ1) is 15.2. The first-order chi connectivity index (χ1) is 9.72. The van der Waals surface area contributed by atoms with Gasteiger partial charge in [0.25, 0.3) is 0 Å². The molecule has 1 aliphatic heterocycles. The van der Waals surface area contributed by atoms with Crippen LogP contribution in [0.15, 0.2) is 18.2 Å². The topological polar surface area (TPSA) is 24.5 Å². The van der Waals surface area contributed by atoms with E-state index in [0.29, 0.717) is 12.6 Å². The Balaban J connectivity index is 2.02. The average Bonchev–Trinajstić information content (AvgIpc) is 2.67. The summed E-state index contributed by atoms with van der Waals surface area (Å²) in [6, 6.07) is 7.00. The molecule has 0 aliphatic carbocycles. The van der Waals surface area contributed by atoms with Crippen molar-refractivity contribution < 1.29 is 4.74 Å². The van der Waals surface area contributed by atoms with E-state index in [2.05, 4.69) is 42.3 Å². The Hall–Kier alpha value is -1.22. The van der Waals surface area contributed by atoms with Crippen LogP contribution < -0.4 is 10.1 Å². The molecule has 2 rings (SSSR count). The predicted molar refractivity (Wildman–Crippen MR) is 85.7 cm³/mol. The van der Waals surface area contributed by atoms with E-state index in [9.17, 15) is 0 Å². The minimum Gasteiger partial charge on any atom is -0.492 e. The van der Waals surface area contributed by atoms with Crippen LogP contribution >= 0.6 is 0 Å². The molecule has 1 aliphatic rings. The van der Waals surface area contributed by atoms with E-state index in [0.717, 1.165) is 11.4 Å². The van der Waals surface area contributed by atoms with Gasteiger partial charge in [0, 0.05) is 12.6 Å². The normalized spacial score (nSPS) is 20.4. The Bertz CT molecular complexity index is 419. The van der Waals surface area contributed by atoms with Crippen molar-refractivity contribution in [2.45, 2.75) is 46.1 Å². The van der Waals surface area contributed by atoms with Gasteiger partial charge in [-0.25, -0.2) is 0 Å². The van der Waals surface area contributed by atoms with E-state index in [1.807, 2.05) is 6.92 Å². The largest absolute Gasteiger partial charge is 0.492 e. The van der Waals surface area contributed by atoms with Crippen molar-refractivity contribution in [2.24, 2.45) is 0 Å². The van der Waals surface area contributed by atoms with Gasteiger partial charge in [-0.3, -0.25) is 0 Å². The van der Waals surface area contributed by atoms with E-state index in [1.54, 1.807) is 0 Å². The van der Waals surface area contributed by atoms with E-state index in [4.69, 9.17) is 4.74 Å². The third-order valence-electron chi connectivity index (χ3n) is 4.06. The summed E-state index contributed by atoms with van der Waals surface area (Å²) in [6.07, 6.45) is 3.74. The monoisotopic (exact) mass is 276 g/mol. The van der Waals surface area contributed by atoms with Crippen LogP contribution in [0.1, 0.15) is 38.7 Å². The van der Waals surface area contributed by atoms with Crippen molar-refractivity contribution in [3.8, 4) is 5.75 Å². The van der Waals surface area contributed by atoms with Gasteiger partial charge in [-0.2, -0.15) is 0 Å². The zero-order valence-corrected chi connectivity index (χ0v) is 13.1. The summed E-state index contributed by atoms with van der Waals surface area (Å²) in [4.78, 5) is 2.54. The van der Waals surface area contributed by atoms with Crippen LogP contribution in [0, 0.1) is 6.92 Å². The molecule has 1 saturated heterocycles. The number of ether oxygens (including phenoxy) is 1. The molecule has 0 saturated carbocycles. The van der Waals surface area contributed by atoms with Crippen molar-refractivity contribution in [3.63, 3.8) is 0 Å². The Kier molecular flexibility index (Phi) is 5.72. The summed E-state index contributed by atoms with van der Waals surface area (Å²) in [5, 5.41) is 3.69. The number of nitrogens with zero attached hydrogens (tertiary/aromatic N) is 1. The molecule has 1 unspecified atom stereocenters. The lowest BCUT2D eigenvalue weighted by atomic mass is 10.1. The maximum absolute atomic E-state index is 5.76. The lowest BCUT2D eigenvalue weighted by Crippen LogP contribution is -2.26. The number of hydrogen-bond acceptors (Lipinski definition) is 3. The molecule has 1 fully saturated rings. The lowest BCUT2D eigenvalue weighted by Gasteiger charge is -2.21. The molecule has 112 valence electrons. The van der Waals surface area contributed by atoms with Crippen LogP contribution in [0.3, 0.4) is 0 Å². The van der Waals surface area contributed by atoms with Crippen LogP contribution in [0.2, 0.25) is 0 Å². The smallest absolute Gasteiger partial charge is 0.142 e. The van der Waals surface area contributed by atoms with E-state index in [-0.39, 0.29) is 0 Å². The number of aryl methyl sites for hydroxylation is 1. The summed E-state index contributed by atoms with van der Waals surface area (Å²) in [7, 11) is 0. The fourth-order valence-corrected chi connectivity index (χ4v) is 2.86. The number of benzene rings is 1. The van der Waals surface area contributed by atoms with Crippen LogP contribution in [-0.2, 0) is 0 Å². The summed E-state index contributed by atoms with van der Waals surface area (Å²) in [5.41, 5.74) is 2.39. The highest BCUT2D eigenvalue weighted by Gasteiger charge is 2.17. The molecule has 1 heterocycles. The van der Waals surface area contributed by atoms with Crippen molar-refractivity contribution in [1.82, 2.24) is 4.90 Å². The molecule has 0 spiro atoms. The Morgan fingerprint density at radius 1 is 1.25 bits per heavy atom. The summed E-state index contributed by atoms with van der Waals surface area (Å²) >= 11 is 0. The van der Waals surface area contributed by atoms with Gasteiger partial charge in [-0.1, -0.05) is 13.0 Å². The Morgan fingerprint density at radius 3 is 2.85 bits per heavy atom. The van der Waals surface area contributed by atoms with Crippen molar-refractivity contribution in [2.75, 3.05) is 31.6 Å². The van der Waals surface area contributed by atoms with Crippen molar-refractivity contribution >= 4 is 5.69 Å². The van der Waals surface area contributed by atoms with Crippen LogP contribution in [-0.4, -0.2) is 37.2 Å². The maximum Gasteiger partial charge on any atom is 0.142 e. The fraction of sp³-hybridized carbons (Fsp3) is 0.647. The van der Waals surface area contributed by atoms with Crippen molar-refractivity contribution in [3.05, 3.63) is 23.8 Å². The summed E-state index contributed by atoms with van der Waals surface area (Å²) < 4.78 is 5.76. The van der Waals surface area contributed by atoms with Gasteiger partial charge in [0.05, 0.1) is 12.3 Å². The summed E-state index contributed by atoms with van der Waals surface area (Å²) in [6.45, 7) is 10.7. The van der Waals surface area contributed by atoms with Gasteiger partial charge in [0.15, 0.2) is 0 Å². The molecule has 0 bridgehead atoms. The summed E-state index contributed by atoms with van der Waals surface area (Å²) in [5.74, 6) is 0.990. The predicted octanol–water partition coefficient (Wildman–Crippen LogP) is 3.68. The minimum absolute atomic E-state index is 0.563.